The first-order valence-corrected chi connectivity index (χ1v) is 9.07. The number of nitrogens with zero attached hydrogens (tertiary/aromatic N) is 1. The third-order valence-corrected chi connectivity index (χ3v) is 3.88. The van der Waals surface area contributed by atoms with Crippen molar-refractivity contribution in [2.75, 3.05) is 6.54 Å². The molecule has 0 aliphatic rings. The van der Waals surface area contributed by atoms with Gasteiger partial charge in [-0.05, 0) is 48.0 Å². The number of carbonyl (C=O) groups excluding carboxylic acids is 2. The smallest absolute Gasteiger partial charge is 0.244 e. The lowest BCUT2D eigenvalue weighted by Crippen LogP contribution is -2.35. The van der Waals surface area contributed by atoms with Crippen LogP contribution in [0.25, 0.3) is 6.08 Å². The fourth-order valence-corrected chi connectivity index (χ4v) is 2.38. The first kappa shape index (κ1) is 19.9. The highest BCUT2D eigenvalue weighted by atomic mass is 16.5. The van der Waals surface area contributed by atoms with Gasteiger partial charge in [-0.3, -0.25) is 14.6 Å². The molecule has 0 fully saturated rings. The molecule has 7 heteroatoms. The summed E-state index contributed by atoms with van der Waals surface area (Å²) < 4.78 is 10.8. The standard InChI is InChI=1S/C22H21N3O4/c26-21(25-15-22(27)24-14-20-5-3-13-28-20)11-8-17-6-9-19(10-7-17)29-16-18-4-1-2-12-23-18/h1-13H,14-16H2,(H,24,27)(H,25,26)/b11-8+. The molecule has 3 rings (SSSR count). The number of amides is 2. The minimum atomic E-state index is -0.353. The fourth-order valence-electron chi connectivity index (χ4n) is 2.38. The second kappa shape index (κ2) is 10.5. The molecule has 3 aromatic rings. The average Bonchev–Trinajstić information content (AvgIpc) is 3.28. The molecule has 1 aromatic carbocycles. The van der Waals surface area contributed by atoms with Gasteiger partial charge in [-0.25, -0.2) is 0 Å². The van der Waals surface area contributed by atoms with E-state index in [1.165, 1.54) is 12.3 Å². The number of furan rings is 1. The van der Waals surface area contributed by atoms with Crippen molar-refractivity contribution in [1.82, 2.24) is 15.6 Å². The fraction of sp³-hybridized carbons (Fsp3) is 0.136. The summed E-state index contributed by atoms with van der Waals surface area (Å²) in [5, 5.41) is 5.19. The molecule has 0 radical (unpaired) electrons. The van der Waals surface area contributed by atoms with Crippen molar-refractivity contribution in [2.45, 2.75) is 13.2 Å². The summed E-state index contributed by atoms with van der Waals surface area (Å²) in [4.78, 5) is 27.8. The van der Waals surface area contributed by atoms with Crippen LogP contribution in [-0.4, -0.2) is 23.3 Å². The number of nitrogens with one attached hydrogen (secondary N) is 2. The van der Waals surface area contributed by atoms with E-state index in [9.17, 15) is 9.59 Å². The highest BCUT2D eigenvalue weighted by Gasteiger charge is 2.04. The molecule has 0 aliphatic heterocycles. The molecule has 0 spiro atoms. The van der Waals surface area contributed by atoms with E-state index in [-0.39, 0.29) is 24.9 Å². The zero-order valence-electron chi connectivity index (χ0n) is 15.7. The van der Waals surface area contributed by atoms with E-state index in [1.807, 2.05) is 42.5 Å². The summed E-state index contributed by atoms with van der Waals surface area (Å²) in [6, 6.07) is 16.5. The maximum Gasteiger partial charge on any atom is 0.244 e. The molecule has 0 bridgehead atoms. The van der Waals surface area contributed by atoms with Crippen molar-refractivity contribution in [3.05, 3.63) is 90.2 Å². The summed E-state index contributed by atoms with van der Waals surface area (Å²) in [7, 11) is 0. The molecule has 2 N–H and O–H groups in total. The Bertz CT molecular complexity index is 936. The molecule has 29 heavy (non-hydrogen) atoms. The van der Waals surface area contributed by atoms with Crippen LogP contribution in [0.3, 0.4) is 0 Å². The first-order chi connectivity index (χ1) is 14.2. The van der Waals surface area contributed by atoms with Gasteiger partial charge in [0, 0.05) is 12.3 Å². The molecule has 0 saturated carbocycles. The van der Waals surface area contributed by atoms with Gasteiger partial charge in [-0.1, -0.05) is 18.2 Å². The molecule has 7 nitrogen and oxygen atoms in total. The van der Waals surface area contributed by atoms with Gasteiger partial charge in [0.15, 0.2) is 0 Å². The Balaban J connectivity index is 1.38. The largest absolute Gasteiger partial charge is 0.487 e. The Hall–Kier alpha value is -3.87. The Kier molecular flexibility index (Phi) is 7.17. The SMILES string of the molecule is O=C(/C=C/c1ccc(OCc2ccccn2)cc1)NCC(=O)NCc1ccco1. The van der Waals surface area contributed by atoms with E-state index in [0.717, 1.165) is 11.3 Å². The summed E-state index contributed by atoms with van der Waals surface area (Å²) in [6.07, 6.45) is 6.30. The van der Waals surface area contributed by atoms with Crippen LogP contribution < -0.4 is 15.4 Å². The van der Waals surface area contributed by atoms with E-state index < -0.39 is 0 Å². The van der Waals surface area contributed by atoms with E-state index in [4.69, 9.17) is 9.15 Å². The molecule has 0 unspecified atom stereocenters. The van der Waals surface area contributed by atoms with Crippen molar-refractivity contribution >= 4 is 17.9 Å². The van der Waals surface area contributed by atoms with Gasteiger partial charge in [-0.2, -0.15) is 0 Å². The van der Waals surface area contributed by atoms with Gasteiger partial charge < -0.3 is 19.8 Å². The Morgan fingerprint density at radius 3 is 2.62 bits per heavy atom. The number of hydrogen-bond donors (Lipinski definition) is 2. The monoisotopic (exact) mass is 391 g/mol. The van der Waals surface area contributed by atoms with Crippen molar-refractivity contribution in [3.63, 3.8) is 0 Å². The number of aromatic nitrogens is 1. The summed E-state index contributed by atoms with van der Waals surface area (Å²) in [5.74, 6) is 0.716. The number of hydrogen-bond acceptors (Lipinski definition) is 5. The van der Waals surface area contributed by atoms with Crippen LogP contribution in [0.1, 0.15) is 17.0 Å². The van der Waals surface area contributed by atoms with Crippen LogP contribution in [0, 0.1) is 0 Å². The van der Waals surface area contributed by atoms with Crippen molar-refractivity contribution < 1.29 is 18.7 Å². The molecule has 0 atom stereocenters. The van der Waals surface area contributed by atoms with Crippen molar-refractivity contribution in [1.29, 1.82) is 0 Å². The first-order valence-electron chi connectivity index (χ1n) is 9.07. The quantitative estimate of drug-likeness (QED) is 0.547. The number of benzene rings is 1. The topological polar surface area (TPSA) is 93.5 Å². The number of rotatable bonds is 9. The van der Waals surface area contributed by atoms with Gasteiger partial charge in [0.25, 0.3) is 0 Å². The highest BCUT2D eigenvalue weighted by molar-refractivity contribution is 5.94. The van der Waals surface area contributed by atoms with Gasteiger partial charge in [0.2, 0.25) is 11.8 Å². The zero-order chi connectivity index (χ0) is 20.3. The summed E-state index contributed by atoms with van der Waals surface area (Å²) >= 11 is 0. The molecule has 0 saturated heterocycles. The Morgan fingerprint density at radius 2 is 1.90 bits per heavy atom. The Morgan fingerprint density at radius 1 is 1.03 bits per heavy atom. The average molecular weight is 391 g/mol. The molecule has 148 valence electrons. The normalized spacial score (nSPS) is 10.6. The van der Waals surface area contributed by atoms with Crippen LogP contribution in [0.4, 0.5) is 0 Å². The molecular formula is C22H21N3O4. The lowest BCUT2D eigenvalue weighted by molar-refractivity contribution is -0.124. The molecule has 2 amide bonds. The van der Waals surface area contributed by atoms with Crippen LogP contribution in [0.2, 0.25) is 0 Å². The lowest BCUT2D eigenvalue weighted by atomic mass is 10.2. The predicted octanol–water partition coefficient (Wildman–Crippen LogP) is 2.70. The molecule has 0 aliphatic carbocycles. The second-order valence-corrected chi connectivity index (χ2v) is 6.09. The van der Waals surface area contributed by atoms with Crippen LogP contribution in [0.5, 0.6) is 5.75 Å². The zero-order valence-corrected chi connectivity index (χ0v) is 15.7. The minimum Gasteiger partial charge on any atom is -0.487 e. The minimum absolute atomic E-state index is 0.107. The molecule has 2 aromatic heterocycles. The third kappa shape index (κ3) is 6.99. The van der Waals surface area contributed by atoms with Crippen molar-refractivity contribution in [3.8, 4) is 5.75 Å². The van der Waals surface area contributed by atoms with Crippen molar-refractivity contribution in [2.24, 2.45) is 0 Å². The van der Waals surface area contributed by atoms with Crippen LogP contribution >= 0.6 is 0 Å². The molecular weight excluding hydrogens is 370 g/mol. The maximum absolute atomic E-state index is 11.9. The molecule has 2 heterocycles. The van der Waals surface area contributed by atoms with Gasteiger partial charge in [-0.15, -0.1) is 0 Å². The lowest BCUT2D eigenvalue weighted by Gasteiger charge is -2.06. The third-order valence-electron chi connectivity index (χ3n) is 3.88. The Labute approximate surface area is 168 Å². The number of carbonyl (C=O) groups is 2. The highest BCUT2D eigenvalue weighted by Crippen LogP contribution is 2.14. The number of ether oxygens (including phenoxy) is 1. The van der Waals surface area contributed by atoms with E-state index in [0.29, 0.717) is 18.1 Å². The number of pyridine rings is 1. The van der Waals surface area contributed by atoms with Gasteiger partial charge in [0.05, 0.1) is 25.0 Å². The maximum atomic E-state index is 11.9. The summed E-state index contributed by atoms with van der Waals surface area (Å²) in [6.45, 7) is 0.566. The van der Waals surface area contributed by atoms with E-state index in [1.54, 1.807) is 24.4 Å². The van der Waals surface area contributed by atoms with Crippen LogP contribution in [-0.2, 0) is 22.7 Å². The summed E-state index contributed by atoms with van der Waals surface area (Å²) in [5.41, 5.74) is 1.69. The van der Waals surface area contributed by atoms with E-state index in [2.05, 4.69) is 15.6 Å². The van der Waals surface area contributed by atoms with Gasteiger partial charge in [0.1, 0.15) is 18.1 Å². The van der Waals surface area contributed by atoms with Gasteiger partial charge >= 0.3 is 0 Å². The predicted molar refractivity (Wildman–Crippen MR) is 108 cm³/mol. The second-order valence-electron chi connectivity index (χ2n) is 6.09. The van der Waals surface area contributed by atoms with Crippen LogP contribution in [0.15, 0.2) is 77.6 Å². The van der Waals surface area contributed by atoms with E-state index >= 15 is 0 Å².